The Morgan fingerprint density at radius 1 is 0.744 bits per heavy atom. The van der Waals surface area contributed by atoms with Gasteiger partial charge in [-0.1, -0.05) is 12.1 Å². The lowest BCUT2D eigenvalue weighted by molar-refractivity contribution is -0.382. The molecule has 0 aliphatic carbocycles. The highest BCUT2D eigenvalue weighted by atomic mass is 32.2. The number of alkyl halides is 9. The maximum atomic E-state index is 14.0. The average Bonchev–Trinajstić information content (AvgIpc) is 2.83. The zero-order chi connectivity index (χ0) is 30.0. The second-order valence-electron chi connectivity index (χ2n) is 7.43. The topological polar surface area (TPSA) is 96.0 Å². The van der Waals surface area contributed by atoms with Crippen LogP contribution in [0.2, 0.25) is 0 Å². The monoisotopic (exact) mass is 596 g/mol. The zero-order valence-corrected chi connectivity index (χ0v) is 20.4. The zero-order valence-electron chi connectivity index (χ0n) is 19.6. The molecule has 0 saturated heterocycles. The van der Waals surface area contributed by atoms with Crippen LogP contribution in [0.4, 0.5) is 39.5 Å². The van der Waals surface area contributed by atoms with Gasteiger partial charge in [0.1, 0.15) is 5.75 Å². The van der Waals surface area contributed by atoms with Crippen LogP contribution < -0.4 is 4.18 Å². The van der Waals surface area contributed by atoms with Crippen LogP contribution in [0, 0.1) is 0 Å². The third-order valence-corrected chi connectivity index (χ3v) is 6.13. The van der Waals surface area contributed by atoms with Gasteiger partial charge in [0.05, 0.1) is 24.3 Å². The van der Waals surface area contributed by atoms with Gasteiger partial charge < -0.3 is 13.7 Å². The minimum absolute atomic E-state index is 0.0146. The van der Waals surface area contributed by atoms with Crippen LogP contribution in [0.25, 0.3) is 11.1 Å². The summed E-state index contributed by atoms with van der Waals surface area (Å²) in [5, 5.41) is -7.08. The predicted octanol–water partition coefficient (Wildman–Crippen LogP) is 5.84. The first kappa shape index (κ1) is 31.7. The Bertz CT molecular complexity index is 1320. The minimum atomic E-state index is -7.49. The van der Waals surface area contributed by atoms with Crippen LogP contribution in [0.5, 0.6) is 5.75 Å². The van der Waals surface area contributed by atoms with E-state index in [1.54, 1.807) is 0 Å². The van der Waals surface area contributed by atoms with E-state index in [9.17, 15) is 57.5 Å². The molecule has 0 heterocycles. The lowest BCUT2D eigenvalue weighted by atomic mass is 9.98. The fourth-order valence-corrected chi connectivity index (χ4v) is 3.80. The molecule has 17 heteroatoms. The summed E-state index contributed by atoms with van der Waals surface area (Å²) in [6.07, 6.45) is -7.25. The summed E-state index contributed by atoms with van der Waals surface area (Å²) < 4.78 is 156. The summed E-state index contributed by atoms with van der Waals surface area (Å²) in [6.45, 7) is 2.80. The summed E-state index contributed by atoms with van der Waals surface area (Å²) in [7, 11) is -7.22. The van der Waals surface area contributed by atoms with E-state index in [0.29, 0.717) is 12.1 Å². The van der Waals surface area contributed by atoms with Crippen molar-refractivity contribution in [3.8, 4) is 16.9 Å². The summed E-state index contributed by atoms with van der Waals surface area (Å²) in [5.41, 5.74) is -0.700. The van der Waals surface area contributed by atoms with Gasteiger partial charge in [0.15, 0.2) is 0 Å². The molecule has 0 unspecified atom stereocenters. The highest BCUT2D eigenvalue weighted by Crippen LogP contribution is 2.55. The van der Waals surface area contributed by atoms with Gasteiger partial charge in [-0.05, 0) is 55.3 Å². The van der Waals surface area contributed by atoms with E-state index in [2.05, 4.69) is 4.18 Å². The van der Waals surface area contributed by atoms with Gasteiger partial charge in [-0.25, -0.2) is 9.59 Å². The Morgan fingerprint density at radius 2 is 1.26 bits per heavy atom. The van der Waals surface area contributed by atoms with E-state index in [4.69, 9.17) is 9.47 Å². The summed E-state index contributed by atoms with van der Waals surface area (Å²) >= 11 is 0. The van der Waals surface area contributed by atoms with E-state index < -0.39 is 51.1 Å². The Hall–Kier alpha value is -3.50. The van der Waals surface area contributed by atoms with Gasteiger partial charge in [-0.2, -0.15) is 47.9 Å². The van der Waals surface area contributed by atoms with E-state index >= 15 is 0 Å². The maximum absolute atomic E-state index is 14.0. The van der Waals surface area contributed by atoms with Gasteiger partial charge >= 0.3 is 45.3 Å². The number of carbonyl (C=O) groups is 2. The Balaban J connectivity index is 2.59. The van der Waals surface area contributed by atoms with Crippen molar-refractivity contribution >= 4 is 22.1 Å². The van der Waals surface area contributed by atoms with Crippen LogP contribution in [-0.2, 0) is 19.6 Å². The first-order valence-electron chi connectivity index (χ1n) is 10.5. The molecule has 2 aromatic rings. The van der Waals surface area contributed by atoms with Crippen molar-refractivity contribution in [1.82, 2.24) is 0 Å². The number of hydrogen-bond acceptors (Lipinski definition) is 7. The van der Waals surface area contributed by atoms with Crippen LogP contribution in [0.1, 0.15) is 34.6 Å². The van der Waals surface area contributed by atoms with E-state index in [0.717, 1.165) is 6.07 Å². The number of halogens is 9. The van der Waals surface area contributed by atoms with Gasteiger partial charge in [0.25, 0.3) is 0 Å². The normalized spacial score (nSPS) is 13.1. The van der Waals surface area contributed by atoms with E-state index in [-0.39, 0.29) is 35.5 Å². The van der Waals surface area contributed by atoms with Crippen molar-refractivity contribution in [2.24, 2.45) is 0 Å². The number of hydrogen-bond donors (Lipinski definition) is 0. The van der Waals surface area contributed by atoms with Crippen molar-refractivity contribution in [2.45, 2.75) is 37.1 Å². The first-order chi connectivity index (χ1) is 17.7. The number of carbonyl (C=O) groups excluding carboxylic acids is 2. The standard InChI is InChI=1S/C22H17F9O7S/c1-3-36-17(32)13-7-5-12(6-8-13)16-11-14(9-10-15(16)18(33)37-4-2)38-39(34,35)22(30,31)20(25,26)19(23,24)21(27,28)29/h5-11H,3-4H2,1-2H3. The summed E-state index contributed by atoms with van der Waals surface area (Å²) in [4.78, 5) is 24.2. The van der Waals surface area contributed by atoms with Crippen molar-refractivity contribution in [3.63, 3.8) is 0 Å². The molecular formula is C22H17F9O7S. The van der Waals surface area contributed by atoms with E-state index in [1.807, 2.05) is 0 Å². The quantitative estimate of drug-likeness (QED) is 0.193. The fraction of sp³-hybridized carbons (Fsp3) is 0.364. The molecule has 216 valence electrons. The second-order valence-corrected chi connectivity index (χ2v) is 9.01. The molecule has 0 radical (unpaired) electrons. The predicted molar refractivity (Wildman–Crippen MR) is 114 cm³/mol. The molecule has 0 fully saturated rings. The van der Waals surface area contributed by atoms with Crippen LogP contribution in [0.15, 0.2) is 42.5 Å². The molecule has 7 nitrogen and oxygen atoms in total. The maximum Gasteiger partial charge on any atom is 0.460 e. The third-order valence-electron chi connectivity index (χ3n) is 4.83. The molecule has 0 aliphatic heterocycles. The van der Waals surface area contributed by atoms with Gasteiger partial charge in [0, 0.05) is 0 Å². The largest absolute Gasteiger partial charge is 0.462 e. The SMILES string of the molecule is CCOC(=O)c1ccc(-c2cc(OS(=O)(=O)C(F)(F)C(F)(F)C(F)(F)C(F)(F)F)ccc2C(=O)OCC)cc1. The molecule has 39 heavy (non-hydrogen) atoms. The molecule has 0 bridgehead atoms. The van der Waals surface area contributed by atoms with Gasteiger partial charge in [-0.15, -0.1) is 0 Å². The number of benzene rings is 2. The number of ether oxygens (including phenoxy) is 2. The molecule has 0 aliphatic rings. The molecule has 0 atom stereocenters. The molecule has 2 aromatic carbocycles. The molecule has 0 spiro atoms. The highest BCUT2D eigenvalue weighted by molar-refractivity contribution is 7.88. The molecular weight excluding hydrogens is 579 g/mol. The van der Waals surface area contributed by atoms with Crippen molar-refractivity contribution in [1.29, 1.82) is 0 Å². The van der Waals surface area contributed by atoms with Crippen molar-refractivity contribution < 1.29 is 71.2 Å². The molecule has 0 N–H and O–H groups in total. The van der Waals surface area contributed by atoms with Crippen LogP contribution >= 0.6 is 0 Å². The average molecular weight is 596 g/mol. The van der Waals surface area contributed by atoms with E-state index in [1.165, 1.54) is 38.1 Å². The second kappa shape index (κ2) is 10.9. The van der Waals surface area contributed by atoms with Crippen molar-refractivity contribution in [2.75, 3.05) is 13.2 Å². The molecule has 0 amide bonds. The van der Waals surface area contributed by atoms with Gasteiger partial charge in [-0.3, -0.25) is 0 Å². The van der Waals surface area contributed by atoms with Gasteiger partial charge in [0.2, 0.25) is 0 Å². The lowest BCUT2D eigenvalue weighted by Crippen LogP contribution is -2.63. The van der Waals surface area contributed by atoms with Crippen LogP contribution in [-0.4, -0.2) is 56.8 Å². The molecule has 2 rings (SSSR count). The Morgan fingerprint density at radius 3 is 1.74 bits per heavy atom. The minimum Gasteiger partial charge on any atom is -0.462 e. The summed E-state index contributed by atoms with van der Waals surface area (Å²) in [6, 6.07) is 6.44. The first-order valence-corrected chi connectivity index (χ1v) is 11.9. The summed E-state index contributed by atoms with van der Waals surface area (Å²) in [5.74, 6) is -18.0. The Kier molecular flexibility index (Phi) is 8.89. The van der Waals surface area contributed by atoms with Crippen LogP contribution in [0.3, 0.4) is 0 Å². The van der Waals surface area contributed by atoms with Crippen molar-refractivity contribution in [3.05, 3.63) is 53.6 Å². The molecule has 0 aromatic heterocycles. The highest BCUT2D eigenvalue weighted by Gasteiger charge is 2.86. The molecule has 0 saturated carbocycles. The Labute approximate surface area is 214 Å². The third kappa shape index (κ3) is 5.91. The number of rotatable bonds is 10. The lowest BCUT2D eigenvalue weighted by Gasteiger charge is -2.32. The smallest absolute Gasteiger partial charge is 0.460 e. The fourth-order valence-electron chi connectivity index (χ4n) is 2.90. The number of esters is 2.